The molecule has 2 rings (SSSR count). The Kier molecular flexibility index (Phi) is 4.85. The largest absolute Gasteiger partial charge is 0.305 e. The highest BCUT2D eigenvalue weighted by Crippen LogP contribution is 2.22. The van der Waals surface area contributed by atoms with E-state index in [9.17, 15) is 14.5 Å². The average molecular weight is 266 g/mol. The molecule has 5 heteroatoms. The highest BCUT2D eigenvalue weighted by Gasteiger charge is 2.19. The van der Waals surface area contributed by atoms with Gasteiger partial charge in [-0.1, -0.05) is 31.4 Å². The maximum absolute atomic E-state index is 14.0. The van der Waals surface area contributed by atoms with Crippen molar-refractivity contribution in [1.82, 2.24) is 4.90 Å². The molecule has 0 radical (unpaired) electrons. The van der Waals surface area contributed by atoms with Crippen LogP contribution in [0.1, 0.15) is 37.7 Å². The molecule has 0 bridgehead atoms. The van der Waals surface area contributed by atoms with E-state index in [0.29, 0.717) is 12.1 Å². The van der Waals surface area contributed by atoms with Crippen molar-refractivity contribution in [2.45, 2.75) is 38.6 Å². The Morgan fingerprint density at radius 1 is 1.16 bits per heavy atom. The number of hydrogen-bond acceptors (Lipinski definition) is 3. The Morgan fingerprint density at radius 2 is 1.79 bits per heavy atom. The maximum Gasteiger partial charge on any atom is 0.305 e. The molecule has 0 saturated carbocycles. The van der Waals surface area contributed by atoms with Gasteiger partial charge < -0.3 is 0 Å². The fraction of sp³-hybridized carbons (Fsp3) is 0.571. The fourth-order valence-electron chi connectivity index (χ4n) is 2.54. The summed E-state index contributed by atoms with van der Waals surface area (Å²) in [4.78, 5) is 12.3. The molecule has 1 aromatic rings. The van der Waals surface area contributed by atoms with E-state index in [1.807, 2.05) is 0 Å². The third-order valence-corrected chi connectivity index (χ3v) is 3.60. The Labute approximate surface area is 112 Å². The summed E-state index contributed by atoms with van der Waals surface area (Å²) in [7, 11) is 0. The van der Waals surface area contributed by atoms with E-state index in [4.69, 9.17) is 0 Å². The minimum absolute atomic E-state index is 0.426. The van der Waals surface area contributed by atoms with Crippen molar-refractivity contribution in [3.05, 3.63) is 39.7 Å². The fourth-order valence-corrected chi connectivity index (χ4v) is 2.54. The van der Waals surface area contributed by atoms with Crippen molar-refractivity contribution < 1.29 is 9.31 Å². The lowest BCUT2D eigenvalue weighted by Gasteiger charge is -2.24. The molecular formula is C14H19FN2O2. The normalized spacial score (nSPS) is 17.7. The van der Waals surface area contributed by atoms with E-state index in [2.05, 4.69) is 4.90 Å². The third-order valence-electron chi connectivity index (χ3n) is 3.60. The Hall–Kier alpha value is -1.49. The van der Waals surface area contributed by atoms with Gasteiger partial charge in [0.25, 0.3) is 0 Å². The molecule has 0 unspecified atom stereocenters. The summed E-state index contributed by atoms with van der Waals surface area (Å²) < 4.78 is 14.0. The van der Waals surface area contributed by atoms with Gasteiger partial charge in [0.2, 0.25) is 5.82 Å². The van der Waals surface area contributed by atoms with E-state index >= 15 is 0 Å². The Bertz CT molecular complexity index is 443. The highest BCUT2D eigenvalue weighted by atomic mass is 19.1. The van der Waals surface area contributed by atoms with Gasteiger partial charge in [0.15, 0.2) is 0 Å². The van der Waals surface area contributed by atoms with Crippen molar-refractivity contribution in [2.24, 2.45) is 0 Å². The quantitative estimate of drug-likeness (QED) is 0.621. The zero-order chi connectivity index (χ0) is 13.7. The number of benzene rings is 1. The number of halogens is 1. The molecule has 0 atom stereocenters. The molecule has 1 saturated heterocycles. The number of rotatable bonds is 3. The minimum atomic E-state index is -0.686. The van der Waals surface area contributed by atoms with E-state index in [-0.39, 0.29) is 0 Å². The lowest BCUT2D eigenvalue weighted by Crippen LogP contribution is -2.27. The van der Waals surface area contributed by atoms with Crippen LogP contribution in [-0.4, -0.2) is 22.9 Å². The molecule has 104 valence electrons. The smallest absolute Gasteiger partial charge is 0.299 e. The molecule has 1 aromatic carbocycles. The Balaban J connectivity index is 2.09. The summed E-state index contributed by atoms with van der Waals surface area (Å²) in [5, 5.41) is 10.7. The lowest BCUT2D eigenvalue weighted by atomic mass is 10.1. The molecule has 0 N–H and O–H groups in total. The van der Waals surface area contributed by atoms with Gasteiger partial charge in [-0.2, -0.15) is 4.39 Å². The second-order valence-corrected chi connectivity index (χ2v) is 5.05. The summed E-state index contributed by atoms with van der Waals surface area (Å²) in [6.07, 6.45) is 5.95. The van der Waals surface area contributed by atoms with Gasteiger partial charge >= 0.3 is 5.69 Å². The SMILES string of the molecule is O=[N+]([O-])c1cccc(CN2CCCCCCC2)c1F. The molecule has 1 heterocycles. The standard InChI is InChI=1S/C14H19FN2O2/c15-14-12(7-6-8-13(14)17(18)19)11-16-9-4-2-1-3-5-10-16/h6-8H,1-5,9-11H2. The zero-order valence-electron chi connectivity index (χ0n) is 11.0. The molecule has 1 aliphatic rings. The van der Waals surface area contributed by atoms with Crippen LogP contribution in [0.25, 0.3) is 0 Å². The number of hydrogen-bond donors (Lipinski definition) is 0. The predicted molar refractivity (Wildman–Crippen MR) is 71.4 cm³/mol. The number of nitro benzene ring substituents is 1. The molecule has 1 aliphatic heterocycles. The maximum atomic E-state index is 14.0. The monoisotopic (exact) mass is 266 g/mol. The number of nitrogens with zero attached hydrogens (tertiary/aromatic N) is 2. The van der Waals surface area contributed by atoms with Crippen molar-refractivity contribution in [2.75, 3.05) is 13.1 Å². The third kappa shape index (κ3) is 3.73. The van der Waals surface area contributed by atoms with Crippen LogP contribution < -0.4 is 0 Å². The van der Waals surface area contributed by atoms with Crippen LogP contribution in [0.3, 0.4) is 0 Å². The molecule has 4 nitrogen and oxygen atoms in total. The van der Waals surface area contributed by atoms with Crippen LogP contribution in [0.15, 0.2) is 18.2 Å². The van der Waals surface area contributed by atoms with Crippen molar-refractivity contribution >= 4 is 5.69 Å². The van der Waals surface area contributed by atoms with Gasteiger partial charge in [-0.15, -0.1) is 0 Å². The summed E-state index contributed by atoms with van der Waals surface area (Å²) in [5.41, 5.74) is -0.000632. The van der Waals surface area contributed by atoms with Crippen molar-refractivity contribution in [3.63, 3.8) is 0 Å². The first-order valence-electron chi connectivity index (χ1n) is 6.82. The second-order valence-electron chi connectivity index (χ2n) is 5.05. The van der Waals surface area contributed by atoms with Gasteiger partial charge in [-0.05, 0) is 25.9 Å². The summed E-state index contributed by atoms with van der Waals surface area (Å²) in [5.74, 6) is -0.686. The van der Waals surface area contributed by atoms with Crippen LogP contribution >= 0.6 is 0 Å². The minimum Gasteiger partial charge on any atom is -0.299 e. The molecule has 0 spiro atoms. The Morgan fingerprint density at radius 3 is 2.42 bits per heavy atom. The number of nitro groups is 1. The van der Waals surface area contributed by atoms with Crippen molar-refractivity contribution in [3.8, 4) is 0 Å². The van der Waals surface area contributed by atoms with Gasteiger partial charge in [0, 0.05) is 18.2 Å². The molecule has 0 amide bonds. The molecule has 1 fully saturated rings. The van der Waals surface area contributed by atoms with E-state index in [1.54, 1.807) is 12.1 Å². The van der Waals surface area contributed by atoms with E-state index < -0.39 is 16.4 Å². The van der Waals surface area contributed by atoms with Crippen LogP contribution in [-0.2, 0) is 6.54 Å². The van der Waals surface area contributed by atoms with Crippen LogP contribution in [0.2, 0.25) is 0 Å². The van der Waals surface area contributed by atoms with E-state index in [1.165, 1.54) is 25.3 Å². The summed E-state index contributed by atoms with van der Waals surface area (Å²) in [6.45, 7) is 2.36. The van der Waals surface area contributed by atoms with Crippen molar-refractivity contribution in [1.29, 1.82) is 0 Å². The van der Waals surface area contributed by atoms with Crippen LogP contribution in [0, 0.1) is 15.9 Å². The first kappa shape index (κ1) is 13.9. The molecule has 0 aliphatic carbocycles. The number of likely N-dealkylation sites (tertiary alicyclic amines) is 1. The summed E-state index contributed by atoms with van der Waals surface area (Å²) >= 11 is 0. The average Bonchev–Trinajstić information content (AvgIpc) is 2.34. The van der Waals surface area contributed by atoms with E-state index in [0.717, 1.165) is 25.9 Å². The molecule has 19 heavy (non-hydrogen) atoms. The van der Waals surface area contributed by atoms with Crippen LogP contribution in [0.5, 0.6) is 0 Å². The first-order chi connectivity index (χ1) is 9.18. The van der Waals surface area contributed by atoms with Crippen LogP contribution in [0.4, 0.5) is 10.1 Å². The van der Waals surface area contributed by atoms with Gasteiger partial charge in [0.1, 0.15) is 0 Å². The zero-order valence-corrected chi connectivity index (χ0v) is 11.0. The van der Waals surface area contributed by atoms with Gasteiger partial charge in [-0.3, -0.25) is 15.0 Å². The summed E-state index contributed by atoms with van der Waals surface area (Å²) in [6, 6.07) is 4.41. The second kappa shape index (κ2) is 6.61. The predicted octanol–water partition coefficient (Wildman–Crippen LogP) is 3.50. The molecular weight excluding hydrogens is 247 g/mol. The topological polar surface area (TPSA) is 46.4 Å². The lowest BCUT2D eigenvalue weighted by molar-refractivity contribution is -0.387. The van der Waals surface area contributed by atoms with Gasteiger partial charge in [0.05, 0.1) is 4.92 Å². The first-order valence-corrected chi connectivity index (χ1v) is 6.82. The van der Waals surface area contributed by atoms with Gasteiger partial charge in [-0.25, -0.2) is 0 Å². The molecule has 0 aromatic heterocycles. The highest BCUT2D eigenvalue weighted by molar-refractivity contribution is 5.36.